The second-order valence-corrected chi connectivity index (χ2v) is 4.76. The highest BCUT2D eigenvalue weighted by Gasteiger charge is 2.16. The standard InChI is InChI=1S/C15H20O2/c1-8-9(2)11(4)14(12(5)10(8)3)7-15(17)13(6)16/h7H2,1-6H3. The summed E-state index contributed by atoms with van der Waals surface area (Å²) in [5.41, 5.74) is 7.02. The molecule has 92 valence electrons. The van der Waals surface area contributed by atoms with Gasteiger partial charge in [0.1, 0.15) is 0 Å². The van der Waals surface area contributed by atoms with E-state index in [1.165, 1.54) is 23.6 Å². The van der Waals surface area contributed by atoms with Gasteiger partial charge in [-0.15, -0.1) is 0 Å². The Bertz CT molecular complexity index is 467. The van der Waals surface area contributed by atoms with E-state index in [-0.39, 0.29) is 18.0 Å². The highest BCUT2D eigenvalue weighted by molar-refractivity contribution is 6.36. The maximum Gasteiger partial charge on any atom is 0.202 e. The molecule has 2 heteroatoms. The van der Waals surface area contributed by atoms with Gasteiger partial charge in [0.05, 0.1) is 0 Å². The number of rotatable bonds is 3. The van der Waals surface area contributed by atoms with Crippen LogP contribution >= 0.6 is 0 Å². The molecule has 0 N–H and O–H groups in total. The molecule has 1 aromatic carbocycles. The Morgan fingerprint density at radius 2 is 1.12 bits per heavy atom. The molecule has 0 saturated carbocycles. The molecule has 1 rings (SSSR count). The third-order valence-corrected chi connectivity index (χ3v) is 3.89. The summed E-state index contributed by atoms with van der Waals surface area (Å²) in [6.45, 7) is 11.6. The lowest BCUT2D eigenvalue weighted by Crippen LogP contribution is -2.15. The van der Waals surface area contributed by atoms with E-state index in [2.05, 4.69) is 20.8 Å². The lowest BCUT2D eigenvalue weighted by Gasteiger charge is -2.17. The van der Waals surface area contributed by atoms with Crippen LogP contribution < -0.4 is 0 Å². The molecule has 0 aromatic heterocycles. The van der Waals surface area contributed by atoms with Crippen LogP contribution in [0.3, 0.4) is 0 Å². The maximum absolute atomic E-state index is 11.6. The Morgan fingerprint density at radius 1 is 0.765 bits per heavy atom. The van der Waals surface area contributed by atoms with E-state index >= 15 is 0 Å². The monoisotopic (exact) mass is 232 g/mol. The van der Waals surface area contributed by atoms with Gasteiger partial charge in [-0.3, -0.25) is 9.59 Å². The van der Waals surface area contributed by atoms with Crippen molar-refractivity contribution in [2.24, 2.45) is 0 Å². The zero-order valence-corrected chi connectivity index (χ0v) is 11.5. The van der Waals surface area contributed by atoms with Crippen LogP contribution in [0.5, 0.6) is 0 Å². The minimum Gasteiger partial charge on any atom is -0.291 e. The fourth-order valence-electron chi connectivity index (χ4n) is 2.13. The zero-order chi connectivity index (χ0) is 13.3. The van der Waals surface area contributed by atoms with E-state index in [1.54, 1.807) is 0 Å². The predicted molar refractivity (Wildman–Crippen MR) is 69.5 cm³/mol. The van der Waals surface area contributed by atoms with Crippen LogP contribution in [-0.2, 0) is 16.0 Å². The van der Waals surface area contributed by atoms with Crippen LogP contribution in [0.25, 0.3) is 0 Å². The van der Waals surface area contributed by atoms with Crippen LogP contribution in [-0.4, -0.2) is 11.6 Å². The molecule has 0 saturated heterocycles. The summed E-state index contributed by atoms with van der Waals surface area (Å²) < 4.78 is 0. The predicted octanol–water partition coefficient (Wildman–Crippen LogP) is 2.93. The van der Waals surface area contributed by atoms with Crippen molar-refractivity contribution in [2.75, 3.05) is 0 Å². The van der Waals surface area contributed by atoms with Gasteiger partial charge in [0.25, 0.3) is 0 Å². The largest absolute Gasteiger partial charge is 0.291 e. The number of carbonyl (C=O) groups is 2. The molecule has 0 aliphatic rings. The maximum atomic E-state index is 11.6. The molecule has 0 atom stereocenters. The second-order valence-electron chi connectivity index (χ2n) is 4.76. The van der Waals surface area contributed by atoms with E-state index in [0.29, 0.717) is 0 Å². The third-order valence-electron chi connectivity index (χ3n) is 3.89. The first-order valence-corrected chi connectivity index (χ1v) is 5.87. The molecule has 0 aliphatic carbocycles. The lowest BCUT2D eigenvalue weighted by molar-refractivity contribution is -0.134. The SMILES string of the molecule is CC(=O)C(=O)Cc1c(C)c(C)c(C)c(C)c1C. The number of carbonyl (C=O) groups excluding carboxylic acids is 2. The van der Waals surface area contributed by atoms with E-state index < -0.39 is 0 Å². The van der Waals surface area contributed by atoms with Crippen LogP contribution in [0, 0.1) is 34.6 Å². The summed E-state index contributed by atoms with van der Waals surface area (Å²) in [6, 6.07) is 0. The molecule has 0 aliphatic heterocycles. The highest BCUT2D eigenvalue weighted by Crippen LogP contribution is 2.26. The molecular formula is C15H20O2. The minimum absolute atomic E-state index is 0.231. The van der Waals surface area contributed by atoms with E-state index in [0.717, 1.165) is 16.7 Å². The molecule has 2 nitrogen and oxygen atoms in total. The fraction of sp³-hybridized carbons (Fsp3) is 0.467. The van der Waals surface area contributed by atoms with Gasteiger partial charge in [-0.05, 0) is 68.0 Å². The number of hydrogen-bond donors (Lipinski definition) is 0. The quantitative estimate of drug-likeness (QED) is 0.751. The second kappa shape index (κ2) is 4.82. The Hall–Kier alpha value is -1.44. The van der Waals surface area contributed by atoms with Crippen molar-refractivity contribution >= 4 is 11.6 Å². The summed E-state index contributed by atoms with van der Waals surface area (Å²) in [7, 11) is 0. The van der Waals surface area contributed by atoms with Crippen LogP contribution in [0.4, 0.5) is 0 Å². The van der Waals surface area contributed by atoms with Gasteiger partial charge >= 0.3 is 0 Å². The summed E-state index contributed by atoms with van der Waals surface area (Å²) in [5, 5.41) is 0. The molecule has 1 aromatic rings. The van der Waals surface area contributed by atoms with Gasteiger partial charge < -0.3 is 0 Å². The number of Topliss-reactive ketones (excluding diaryl/α,β-unsaturated/α-hetero) is 2. The number of hydrogen-bond acceptors (Lipinski definition) is 2. The molecule has 0 unspecified atom stereocenters. The average Bonchev–Trinajstić information content (AvgIpc) is 2.29. The van der Waals surface area contributed by atoms with Crippen molar-refractivity contribution in [3.63, 3.8) is 0 Å². The Morgan fingerprint density at radius 3 is 1.47 bits per heavy atom. The third kappa shape index (κ3) is 2.46. The van der Waals surface area contributed by atoms with E-state index in [4.69, 9.17) is 0 Å². The molecule has 0 fully saturated rings. The van der Waals surface area contributed by atoms with Gasteiger partial charge in [-0.25, -0.2) is 0 Å². The molecule has 0 spiro atoms. The Labute approximate surface area is 103 Å². The highest BCUT2D eigenvalue weighted by atomic mass is 16.2. The van der Waals surface area contributed by atoms with Crippen LogP contribution in [0.1, 0.15) is 40.3 Å². The first-order chi connectivity index (χ1) is 7.77. The first-order valence-electron chi connectivity index (χ1n) is 5.87. The molecule has 0 heterocycles. The van der Waals surface area contributed by atoms with Crippen molar-refractivity contribution in [3.8, 4) is 0 Å². The summed E-state index contributed by atoms with van der Waals surface area (Å²) >= 11 is 0. The normalized spacial score (nSPS) is 10.5. The number of benzene rings is 1. The molecule has 0 radical (unpaired) electrons. The van der Waals surface area contributed by atoms with Gasteiger partial charge in [-0.2, -0.15) is 0 Å². The average molecular weight is 232 g/mol. The summed E-state index contributed by atoms with van der Waals surface area (Å²) in [4.78, 5) is 22.6. The van der Waals surface area contributed by atoms with Crippen LogP contribution in [0.2, 0.25) is 0 Å². The van der Waals surface area contributed by atoms with Gasteiger partial charge in [0.2, 0.25) is 5.78 Å². The zero-order valence-electron chi connectivity index (χ0n) is 11.5. The lowest BCUT2D eigenvalue weighted by atomic mass is 9.87. The van der Waals surface area contributed by atoms with Gasteiger partial charge in [0, 0.05) is 13.3 Å². The first kappa shape index (κ1) is 13.6. The smallest absolute Gasteiger partial charge is 0.202 e. The van der Waals surface area contributed by atoms with E-state index in [1.807, 2.05) is 13.8 Å². The molecule has 17 heavy (non-hydrogen) atoms. The van der Waals surface area contributed by atoms with Crippen molar-refractivity contribution in [1.82, 2.24) is 0 Å². The van der Waals surface area contributed by atoms with Crippen LogP contribution in [0.15, 0.2) is 0 Å². The topological polar surface area (TPSA) is 34.1 Å². The van der Waals surface area contributed by atoms with Crippen molar-refractivity contribution in [2.45, 2.75) is 48.0 Å². The Balaban J connectivity index is 3.35. The Kier molecular flexibility index (Phi) is 3.87. The molecule has 0 amide bonds. The summed E-state index contributed by atoms with van der Waals surface area (Å²) in [6.07, 6.45) is 0.231. The number of ketones is 2. The minimum atomic E-state index is -0.361. The van der Waals surface area contributed by atoms with Crippen molar-refractivity contribution in [1.29, 1.82) is 0 Å². The van der Waals surface area contributed by atoms with E-state index in [9.17, 15) is 9.59 Å². The summed E-state index contributed by atoms with van der Waals surface area (Å²) in [5.74, 6) is -0.668. The van der Waals surface area contributed by atoms with Crippen molar-refractivity contribution < 1.29 is 9.59 Å². The van der Waals surface area contributed by atoms with Gasteiger partial charge in [-0.1, -0.05) is 0 Å². The van der Waals surface area contributed by atoms with Crippen molar-refractivity contribution in [3.05, 3.63) is 33.4 Å². The fourth-order valence-corrected chi connectivity index (χ4v) is 2.13. The molecular weight excluding hydrogens is 212 g/mol. The molecule has 0 bridgehead atoms. The van der Waals surface area contributed by atoms with Gasteiger partial charge in [0.15, 0.2) is 5.78 Å².